The molecule has 0 aliphatic rings. The van der Waals surface area contributed by atoms with Crippen LogP contribution in [0, 0.1) is 51.1 Å². The minimum atomic E-state index is -0.990. The number of aromatic carboxylic acids is 1. The predicted octanol–water partition coefficient (Wildman–Crippen LogP) is 15.2. The van der Waals surface area contributed by atoms with Gasteiger partial charge in [-0.15, -0.1) is 178 Å². The number of carboxylic acid groups (broad SMARTS) is 1. The van der Waals surface area contributed by atoms with Crippen molar-refractivity contribution in [2.75, 3.05) is 0 Å². The number of aliphatic hydroxyl groups is 2. The minimum Gasteiger partial charge on any atom is -0.512 e. The molecule has 0 unspecified atom stereocenters. The third-order valence-corrected chi connectivity index (χ3v) is 13.4. The Hall–Kier alpha value is -9.00. The van der Waals surface area contributed by atoms with Gasteiger partial charge in [0.05, 0.1) is 46.5 Å². The first-order chi connectivity index (χ1) is 46.3. The second-order valence-corrected chi connectivity index (χ2v) is 21.5. The van der Waals surface area contributed by atoms with Crippen molar-refractivity contribution < 1.29 is 130 Å². The van der Waals surface area contributed by atoms with Crippen LogP contribution in [-0.2, 0) is 131 Å². The molecule has 101 heavy (non-hydrogen) atoms. The zero-order valence-corrected chi connectivity index (χ0v) is 68.8. The summed E-state index contributed by atoms with van der Waals surface area (Å²) in [6.45, 7) is 14.0. The standard InChI is InChI=1S/C16H14N3.C14H13N2.C12H9N2.C10H9N2.C9H8N3.C6H5NO2.2C5H8O2.5Ir/c1-12-7-6-8-13(2)15(12)19-16(17-11-18-19)14-9-4-3-5-10-14;1-2-5-12-10-16-9-8-11-6-3-4-7-13(11)14(16)15-12;1-9-8-14-7-6-10-4-2-3-5-11(10)12(14)13-9;1-12-7-10(11-8-12)9-5-3-2-4-6-9;1-12-9(10-7-11-12)8-5-3-2-4-6-8;8-6(9)5-3-1-2-4-7-5;2*1-4(6)3-5(2)7;;;;;/h3-9,11H,1-2H3;3-4,6,8-10H,2,5H2,1H3;2-4,6-8H,1H3;2-5,7-8H,1H3;2-5,7H,1H3;1-4H,(H,8,9);2*3,6H,1-2H3;;;;;/q5*-1;;;;;;;;. The van der Waals surface area contributed by atoms with Crippen LogP contribution in [0.5, 0.6) is 0 Å². The average Bonchev–Trinajstić information content (AvgIpc) is 1.75. The van der Waals surface area contributed by atoms with Gasteiger partial charge in [-0.2, -0.15) is 10.2 Å². The van der Waals surface area contributed by atoms with Gasteiger partial charge in [0.25, 0.3) is 0 Å². The zero-order chi connectivity index (χ0) is 68.9. The number of aliphatic hydroxyl groups excluding tert-OH is 2. The van der Waals surface area contributed by atoms with E-state index in [1.807, 2.05) is 150 Å². The number of carbonyl (C=O) groups is 3. The van der Waals surface area contributed by atoms with E-state index in [-0.39, 0.29) is 129 Å². The smallest absolute Gasteiger partial charge is 0.354 e. The number of hydrogen-bond acceptors (Lipinski definition) is 13. The molecule has 0 aliphatic carbocycles. The number of carboxylic acids is 1. The Morgan fingerprint density at radius 3 is 1.44 bits per heavy atom. The van der Waals surface area contributed by atoms with Crippen LogP contribution in [0.2, 0.25) is 0 Å². The quantitative estimate of drug-likeness (QED) is 0.0692. The first-order valence-electron chi connectivity index (χ1n) is 30.4. The molecule has 0 fully saturated rings. The van der Waals surface area contributed by atoms with Crippen LogP contribution < -0.4 is 0 Å². The summed E-state index contributed by atoms with van der Waals surface area (Å²) in [4.78, 5) is 55.6. The number of para-hydroxylation sites is 1. The van der Waals surface area contributed by atoms with Crippen LogP contribution >= 0.6 is 0 Å². The van der Waals surface area contributed by atoms with Gasteiger partial charge in [0.15, 0.2) is 11.6 Å². The molecule has 14 aromatic rings. The Bertz CT molecular complexity index is 4790. The molecule has 0 atom stereocenters. The summed E-state index contributed by atoms with van der Waals surface area (Å²) >= 11 is 0. The van der Waals surface area contributed by atoms with Crippen LogP contribution in [0.4, 0.5) is 0 Å². The zero-order valence-electron chi connectivity index (χ0n) is 56.8. The molecule has 533 valence electrons. The topological polar surface area (TPSA) is 239 Å². The summed E-state index contributed by atoms with van der Waals surface area (Å²) in [5.41, 5.74) is 11.7. The van der Waals surface area contributed by atoms with Crippen molar-refractivity contribution in [2.24, 2.45) is 14.1 Å². The Balaban J connectivity index is 0.000000398. The van der Waals surface area contributed by atoms with Gasteiger partial charge in [0, 0.05) is 162 Å². The Labute approximate surface area is 655 Å². The Kier molecular flexibility index (Phi) is 39.9. The number of nitrogens with zero attached hydrogens (tertiary/aromatic N) is 13. The molecule has 0 saturated carbocycles. The molecule has 0 spiro atoms. The minimum absolute atomic E-state index is 0. The summed E-state index contributed by atoms with van der Waals surface area (Å²) in [7, 11) is 3.82. The molecular weight excluding hydrogens is 2160 g/mol. The van der Waals surface area contributed by atoms with Crippen LogP contribution in [-0.4, -0.2) is 95.7 Å². The average molecular weight is 2240 g/mol. The number of benzene rings is 6. The van der Waals surface area contributed by atoms with Gasteiger partial charge in [0.2, 0.25) is 0 Å². The number of imidazole rings is 3. The number of carbonyl (C=O) groups excluding carboxylic acids is 2. The largest absolute Gasteiger partial charge is 0.512 e. The molecule has 19 nitrogen and oxygen atoms in total. The fraction of sp³-hybridized carbons (Fsp3) is 0.156. The fourth-order valence-electron chi connectivity index (χ4n) is 9.34. The third kappa shape index (κ3) is 27.8. The summed E-state index contributed by atoms with van der Waals surface area (Å²) < 4.78 is 9.66. The van der Waals surface area contributed by atoms with Crippen molar-refractivity contribution in [1.29, 1.82) is 0 Å². The molecular formula is C77H74Ir5N13O6-5. The number of fused-ring (bicyclic) bond motifs is 6. The SMILES string of the molecule is CC(=O)C=C(C)O.CC(=O)C=C(C)O.CCCc1cn2ccc3ccc[c-]c3c2n1.Cc1cccc(C)c1-n1ncnc1-c1[c-]cccc1.Cc1cn2ccc3ccc[c-]c3c2n1.Cn1cnc(-c2[c-]cccc2)c1.Cn1ncnc1-c1[c-]cccc1.O=C(O)c1ccccn1.[Ir].[Ir].[Ir].[Ir].[Ir]. The molecule has 3 N–H and O–H groups in total. The van der Waals surface area contributed by atoms with Crippen LogP contribution in [0.3, 0.4) is 0 Å². The van der Waals surface area contributed by atoms with E-state index in [4.69, 9.17) is 15.3 Å². The normalized spacial score (nSPS) is 10.1. The maximum atomic E-state index is 10.1. The maximum absolute atomic E-state index is 10.1. The van der Waals surface area contributed by atoms with Crippen molar-refractivity contribution in [1.82, 2.24) is 62.8 Å². The van der Waals surface area contributed by atoms with Crippen molar-refractivity contribution >= 4 is 50.4 Å². The second-order valence-electron chi connectivity index (χ2n) is 21.5. The summed E-state index contributed by atoms with van der Waals surface area (Å²) in [6.07, 6.45) is 21.1. The van der Waals surface area contributed by atoms with Crippen molar-refractivity contribution in [2.45, 2.75) is 68.2 Å². The van der Waals surface area contributed by atoms with Crippen LogP contribution in [0.15, 0.2) is 238 Å². The molecule has 6 aromatic carbocycles. The Morgan fingerprint density at radius 2 is 1.00 bits per heavy atom. The van der Waals surface area contributed by atoms with E-state index in [1.54, 1.807) is 29.5 Å². The van der Waals surface area contributed by atoms with Crippen molar-refractivity contribution in [3.05, 3.63) is 296 Å². The number of rotatable bonds is 9. The molecule has 0 bridgehead atoms. The molecule has 8 heterocycles. The maximum Gasteiger partial charge on any atom is 0.354 e. The number of ketones is 2. The molecule has 0 aliphatic heterocycles. The van der Waals surface area contributed by atoms with Gasteiger partial charge in [-0.3, -0.25) is 43.9 Å². The molecule has 0 saturated heterocycles. The van der Waals surface area contributed by atoms with Crippen LogP contribution in [0.1, 0.15) is 74.0 Å². The van der Waals surface area contributed by atoms with E-state index in [2.05, 4.69) is 150 Å². The summed E-state index contributed by atoms with van der Waals surface area (Å²) in [5.74, 6) is 0.546. The van der Waals surface area contributed by atoms with E-state index in [1.165, 1.54) is 80.3 Å². The van der Waals surface area contributed by atoms with Crippen LogP contribution in [0.25, 0.3) is 72.6 Å². The monoisotopic (exact) mass is 2240 g/mol. The molecule has 5 radical (unpaired) electrons. The van der Waals surface area contributed by atoms with E-state index in [0.29, 0.717) is 0 Å². The van der Waals surface area contributed by atoms with Gasteiger partial charge in [0.1, 0.15) is 18.3 Å². The number of allylic oxidation sites excluding steroid dienone is 4. The van der Waals surface area contributed by atoms with Gasteiger partial charge < -0.3 is 28.7 Å². The van der Waals surface area contributed by atoms with Gasteiger partial charge in [-0.1, -0.05) is 49.7 Å². The van der Waals surface area contributed by atoms with Gasteiger partial charge >= 0.3 is 5.97 Å². The van der Waals surface area contributed by atoms with E-state index in [0.717, 1.165) is 86.0 Å². The Morgan fingerprint density at radius 1 is 0.505 bits per heavy atom. The second kappa shape index (κ2) is 45.7. The number of pyridine rings is 3. The first kappa shape index (κ1) is 88.1. The summed E-state index contributed by atoms with van der Waals surface area (Å²) in [6, 6.07) is 66.5. The van der Waals surface area contributed by atoms with E-state index < -0.39 is 5.97 Å². The van der Waals surface area contributed by atoms with Gasteiger partial charge in [-0.05, 0) is 96.7 Å². The summed E-state index contributed by atoms with van der Waals surface area (Å²) in [5, 5.41) is 38.0. The fourth-order valence-corrected chi connectivity index (χ4v) is 9.34. The van der Waals surface area contributed by atoms with Crippen molar-refractivity contribution in [3.63, 3.8) is 0 Å². The number of hydrogen-bond donors (Lipinski definition) is 3. The van der Waals surface area contributed by atoms with E-state index >= 15 is 0 Å². The number of aryl methyl sites for hydroxylation is 6. The first-order valence-corrected chi connectivity index (χ1v) is 30.4. The molecule has 8 aromatic heterocycles. The third-order valence-electron chi connectivity index (χ3n) is 13.4. The van der Waals surface area contributed by atoms with E-state index in [9.17, 15) is 14.4 Å². The molecule has 14 rings (SSSR count). The predicted molar refractivity (Wildman–Crippen MR) is 375 cm³/mol. The number of aromatic nitrogens is 13. The molecule has 0 amide bonds. The molecule has 24 heteroatoms. The van der Waals surface area contributed by atoms with Crippen molar-refractivity contribution in [3.8, 4) is 39.7 Å². The van der Waals surface area contributed by atoms with Gasteiger partial charge in [-0.25, -0.2) is 9.78 Å².